The van der Waals surface area contributed by atoms with Crippen molar-refractivity contribution in [2.75, 3.05) is 46.4 Å². The molecular weight excluding hydrogens is 254 g/mol. The Bertz CT molecular complexity index is 311. The van der Waals surface area contributed by atoms with Crippen LogP contribution >= 0.6 is 0 Å². The highest BCUT2D eigenvalue weighted by atomic mass is 16.5. The van der Waals surface area contributed by atoms with Gasteiger partial charge in [0.25, 0.3) is 0 Å². The van der Waals surface area contributed by atoms with Crippen molar-refractivity contribution in [3.8, 4) is 0 Å². The van der Waals surface area contributed by atoms with Crippen LogP contribution in [0.4, 0.5) is 0 Å². The summed E-state index contributed by atoms with van der Waals surface area (Å²) >= 11 is 0. The number of carbonyl (C=O) groups is 1. The van der Waals surface area contributed by atoms with Gasteiger partial charge < -0.3 is 15.0 Å². The van der Waals surface area contributed by atoms with Crippen LogP contribution in [0, 0.1) is 0 Å². The van der Waals surface area contributed by atoms with Crippen molar-refractivity contribution in [3.05, 3.63) is 0 Å². The number of piperazine rings is 1. The van der Waals surface area contributed by atoms with Crippen LogP contribution < -0.4 is 5.32 Å². The Balaban J connectivity index is 2.47. The quantitative estimate of drug-likeness (QED) is 0.706. The average molecular weight is 285 g/mol. The number of nitrogens with zero attached hydrogens (tertiary/aromatic N) is 2. The Morgan fingerprint density at radius 2 is 2.10 bits per heavy atom. The van der Waals surface area contributed by atoms with Gasteiger partial charge in [-0.25, -0.2) is 0 Å². The van der Waals surface area contributed by atoms with Gasteiger partial charge in [0.2, 0.25) is 0 Å². The minimum Gasteiger partial charge on any atom is -0.465 e. The summed E-state index contributed by atoms with van der Waals surface area (Å²) in [5, 5.41) is 3.12. The first-order valence-corrected chi connectivity index (χ1v) is 7.79. The monoisotopic (exact) mass is 285 g/mol. The predicted molar refractivity (Wildman–Crippen MR) is 81.9 cm³/mol. The number of nitrogens with one attached hydrogen (secondary N) is 1. The van der Waals surface area contributed by atoms with Crippen LogP contribution in [0.25, 0.3) is 0 Å². The Morgan fingerprint density at radius 3 is 2.60 bits per heavy atom. The molecule has 1 aliphatic heterocycles. The van der Waals surface area contributed by atoms with Crippen LogP contribution in [0.5, 0.6) is 0 Å². The van der Waals surface area contributed by atoms with Gasteiger partial charge in [-0.3, -0.25) is 9.69 Å². The van der Waals surface area contributed by atoms with Gasteiger partial charge in [-0.05, 0) is 40.8 Å². The van der Waals surface area contributed by atoms with E-state index in [4.69, 9.17) is 4.74 Å². The fourth-order valence-corrected chi connectivity index (χ4v) is 2.74. The molecule has 5 nitrogen and oxygen atoms in total. The number of hydrogen-bond acceptors (Lipinski definition) is 5. The zero-order valence-corrected chi connectivity index (χ0v) is 13.7. The highest BCUT2D eigenvalue weighted by Crippen LogP contribution is 2.15. The normalized spacial score (nSPS) is 24.4. The molecule has 0 aliphatic carbocycles. The van der Waals surface area contributed by atoms with E-state index in [9.17, 15) is 4.79 Å². The van der Waals surface area contributed by atoms with Gasteiger partial charge >= 0.3 is 5.97 Å². The van der Waals surface area contributed by atoms with E-state index in [0.717, 1.165) is 39.1 Å². The molecule has 2 atom stereocenters. The molecule has 0 aromatic heterocycles. The van der Waals surface area contributed by atoms with E-state index >= 15 is 0 Å². The van der Waals surface area contributed by atoms with Crippen molar-refractivity contribution in [2.45, 2.75) is 45.7 Å². The number of ether oxygens (including phenoxy) is 1. The molecule has 1 rings (SSSR count). The number of hydrogen-bond donors (Lipinski definition) is 1. The number of likely N-dealkylation sites (N-methyl/N-ethyl adjacent to an activating group) is 2. The Hall–Kier alpha value is -0.650. The summed E-state index contributed by atoms with van der Waals surface area (Å²) in [4.78, 5) is 17.0. The summed E-state index contributed by atoms with van der Waals surface area (Å²) in [6, 6.07) is 0.595. The molecular formula is C15H31N3O2. The van der Waals surface area contributed by atoms with Crippen LogP contribution in [-0.2, 0) is 9.53 Å². The summed E-state index contributed by atoms with van der Waals surface area (Å²) in [5.74, 6) is -0.150. The second-order valence-electron chi connectivity index (χ2n) is 5.83. The molecule has 1 saturated heterocycles. The maximum Gasteiger partial charge on any atom is 0.326 e. The Morgan fingerprint density at radius 1 is 1.40 bits per heavy atom. The highest BCUT2D eigenvalue weighted by molar-refractivity contribution is 5.80. The van der Waals surface area contributed by atoms with E-state index in [-0.39, 0.29) is 5.97 Å². The van der Waals surface area contributed by atoms with Crippen LogP contribution in [0.15, 0.2) is 0 Å². The molecule has 1 aliphatic rings. The minimum atomic E-state index is -0.582. The Labute approximate surface area is 123 Å². The number of carbonyl (C=O) groups excluding carboxylic acids is 1. The lowest BCUT2D eigenvalue weighted by molar-refractivity contribution is -0.150. The van der Waals surface area contributed by atoms with E-state index in [1.165, 1.54) is 0 Å². The topological polar surface area (TPSA) is 44.8 Å². The standard InChI is InChI=1S/C15H31N3O2/c1-6-18-11-10-17(12-13(18)3)9-8-15(4,16-5)14(19)20-7-2/h13,16H,6-12H2,1-5H3. The maximum atomic E-state index is 12.0. The molecule has 0 spiro atoms. The number of rotatable bonds is 7. The van der Waals surface area contributed by atoms with Gasteiger partial charge in [0, 0.05) is 32.2 Å². The molecule has 1 heterocycles. The largest absolute Gasteiger partial charge is 0.465 e. The van der Waals surface area contributed by atoms with Crippen LogP contribution in [-0.4, -0.2) is 73.7 Å². The van der Waals surface area contributed by atoms with Crippen molar-refractivity contribution >= 4 is 5.97 Å². The molecule has 1 fully saturated rings. The predicted octanol–water partition coefficient (Wildman–Crippen LogP) is 0.944. The first-order chi connectivity index (χ1) is 9.46. The van der Waals surface area contributed by atoms with E-state index in [1.807, 2.05) is 20.9 Å². The summed E-state index contributed by atoms with van der Waals surface area (Å²) in [6.07, 6.45) is 0.779. The molecule has 0 saturated carbocycles. The fourth-order valence-electron chi connectivity index (χ4n) is 2.74. The molecule has 20 heavy (non-hydrogen) atoms. The molecule has 0 aromatic carbocycles. The molecule has 0 bridgehead atoms. The van der Waals surface area contributed by atoms with Crippen LogP contribution in [0.3, 0.4) is 0 Å². The third-order valence-corrected chi connectivity index (χ3v) is 4.46. The lowest BCUT2D eigenvalue weighted by Gasteiger charge is -2.40. The van der Waals surface area contributed by atoms with Gasteiger partial charge in [0.05, 0.1) is 6.61 Å². The van der Waals surface area contributed by atoms with Crippen molar-refractivity contribution in [2.24, 2.45) is 0 Å². The van der Waals surface area contributed by atoms with Gasteiger partial charge in [0.15, 0.2) is 0 Å². The molecule has 118 valence electrons. The smallest absolute Gasteiger partial charge is 0.326 e. The van der Waals surface area contributed by atoms with Crippen LogP contribution in [0.2, 0.25) is 0 Å². The fraction of sp³-hybridized carbons (Fsp3) is 0.933. The maximum absolute atomic E-state index is 12.0. The second-order valence-corrected chi connectivity index (χ2v) is 5.83. The lowest BCUT2D eigenvalue weighted by atomic mass is 9.97. The summed E-state index contributed by atoms with van der Waals surface area (Å²) in [5.41, 5.74) is -0.582. The van der Waals surface area contributed by atoms with Crippen molar-refractivity contribution in [1.82, 2.24) is 15.1 Å². The molecule has 0 amide bonds. The lowest BCUT2D eigenvalue weighted by Crippen LogP contribution is -2.55. The third-order valence-electron chi connectivity index (χ3n) is 4.46. The minimum absolute atomic E-state index is 0.150. The first kappa shape index (κ1) is 17.4. The van der Waals surface area contributed by atoms with E-state index in [1.54, 1.807) is 0 Å². The third kappa shape index (κ3) is 4.43. The van der Waals surface area contributed by atoms with Crippen molar-refractivity contribution in [3.63, 3.8) is 0 Å². The van der Waals surface area contributed by atoms with E-state index in [0.29, 0.717) is 12.6 Å². The Kier molecular flexibility index (Phi) is 6.92. The van der Waals surface area contributed by atoms with Crippen molar-refractivity contribution in [1.29, 1.82) is 0 Å². The molecule has 0 radical (unpaired) electrons. The molecule has 5 heteroatoms. The zero-order chi connectivity index (χ0) is 15.2. The highest BCUT2D eigenvalue weighted by Gasteiger charge is 2.34. The molecule has 2 unspecified atom stereocenters. The van der Waals surface area contributed by atoms with Crippen LogP contribution in [0.1, 0.15) is 34.1 Å². The summed E-state index contributed by atoms with van der Waals surface area (Å²) < 4.78 is 5.17. The summed E-state index contributed by atoms with van der Waals surface area (Å²) in [7, 11) is 1.83. The molecule has 0 aromatic rings. The summed E-state index contributed by atoms with van der Waals surface area (Å²) in [6.45, 7) is 14.0. The first-order valence-electron chi connectivity index (χ1n) is 7.79. The van der Waals surface area contributed by atoms with Gasteiger partial charge in [0.1, 0.15) is 5.54 Å². The van der Waals surface area contributed by atoms with Gasteiger partial charge in [-0.1, -0.05) is 6.92 Å². The zero-order valence-electron chi connectivity index (χ0n) is 13.7. The van der Waals surface area contributed by atoms with Gasteiger partial charge in [-0.2, -0.15) is 0 Å². The SMILES string of the molecule is CCOC(=O)C(C)(CCN1CCN(CC)C(C)C1)NC. The second kappa shape index (κ2) is 7.96. The number of esters is 1. The van der Waals surface area contributed by atoms with Crippen molar-refractivity contribution < 1.29 is 9.53 Å². The van der Waals surface area contributed by atoms with Gasteiger partial charge in [-0.15, -0.1) is 0 Å². The molecule has 1 N–H and O–H groups in total. The van der Waals surface area contributed by atoms with E-state index < -0.39 is 5.54 Å². The van der Waals surface area contributed by atoms with E-state index in [2.05, 4.69) is 29.0 Å². The average Bonchev–Trinajstić information content (AvgIpc) is 2.45.